The largest absolute Gasteiger partial charge is 0.481 e. The van der Waals surface area contributed by atoms with Gasteiger partial charge in [-0.05, 0) is 116 Å². The number of carboxylic acids is 3. The molecule has 0 fully saturated rings. The maximum absolute atomic E-state index is 14.6. The number of aryl methyl sites for hydroxylation is 1. The van der Waals surface area contributed by atoms with E-state index in [1.807, 2.05) is 44.5 Å². The Morgan fingerprint density at radius 3 is 1.73 bits per heavy atom. The van der Waals surface area contributed by atoms with E-state index in [-0.39, 0.29) is 47.6 Å². The second-order valence-corrected chi connectivity index (χ2v) is 25.8. The van der Waals surface area contributed by atoms with Crippen molar-refractivity contribution in [2.24, 2.45) is 5.73 Å². The molecule has 4 aromatic carbocycles. The molecule has 96 heavy (non-hydrogen) atoms. The van der Waals surface area contributed by atoms with Gasteiger partial charge in [0.2, 0.25) is 57.3 Å². The van der Waals surface area contributed by atoms with Crippen LogP contribution in [0.1, 0.15) is 130 Å². The number of amides is 9. The number of fused-ring (bicyclic) bond motifs is 1. The fourth-order valence-corrected chi connectivity index (χ4v) is 11.2. The van der Waals surface area contributed by atoms with Gasteiger partial charge in [0.25, 0.3) is 5.91 Å². The summed E-state index contributed by atoms with van der Waals surface area (Å²) in [4.78, 5) is 160. The van der Waals surface area contributed by atoms with Gasteiger partial charge in [0.05, 0.1) is 17.9 Å². The molecule has 0 bridgehead atoms. The first-order valence-corrected chi connectivity index (χ1v) is 32.6. The van der Waals surface area contributed by atoms with Gasteiger partial charge in [-0.1, -0.05) is 87.4 Å². The van der Waals surface area contributed by atoms with Gasteiger partial charge >= 0.3 is 17.9 Å². The number of primary amides is 1. The van der Waals surface area contributed by atoms with Gasteiger partial charge in [0.1, 0.15) is 42.1 Å². The molecular weight excluding hydrogens is 1270 g/mol. The molecule has 6 atom stereocenters. The standard InChI is InChI=1S/C66H84FN11O17S/c1-39-19-21-41(22-20-39)60(88)69-32-11-9-17-48(59(68)87)73-54(79)18-6-5-10-31-70-61(89)49(27-29-56(81)82)75-64(92)52(35-42-37-71-47-16-8-7-15-46(42)47)77-63(91)51(34-40-13-12-14-44(67)33-40)74-55(80)38-72-62(90)50(28-30-57(83)84)76-65(93)53(36-58(85)86)78-96(94,95)45-25-23-43(24-26-45)66(2,3)4/h7-8,12-16,19-26,33,37,48-53,71,78H,5-6,9-11,17-18,27-32,34-36,38H2,1-4H3,(H2,68,87)(H,69,88)(H,70,89)(H,72,90)(H,73,79)(H,74,80)(H,75,92)(H,76,93)(H,77,91)(H,81,82)(H,83,84)(H,85,86)/t48-,49-,50-,51-,52-,53+/m0/s1. The van der Waals surface area contributed by atoms with Crippen molar-refractivity contribution >= 4 is 92.0 Å². The number of unbranched alkanes of at least 4 members (excludes halogenated alkanes) is 3. The Balaban J connectivity index is 1.24. The average molecular weight is 1350 g/mol. The predicted molar refractivity (Wildman–Crippen MR) is 348 cm³/mol. The first-order chi connectivity index (χ1) is 45.4. The summed E-state index contributed by atoms with van der Waals surface area (Å²) < 4.78 is 43.5. The summed E-state index contributed by atoms with van der Waals surface area (Å²) in [5, 5.41) is 49.6. The zero-order valence-corrected chi connectivity index (χ0v) is 54.5. The lowest BCUT2D eigenvalue weighted by Crippen LogP contribution is -2.58. The molecule has 0 aliphatic heterocycles. The number of carbonyl (C=O) groups excluding carboxylic acids is 9. The molecule has 1 heterocycles. The molecule has 0 saturated carbocycles. The average Bonchev–Trinajstić information content (AvgIpc) is 1.19. The number of rotatable bonds is 40. The molecule has 0 radical (unpaired) electrons. The Morgan fingerprint density at radius 2 is 1.12 bits per heavy atom. The third kappa shape index (κ3) is 26.0. The van der Waals surface area contributed by atoms with E-state index in [1.54, 1.807) is 42.6 Å². The molecule has 15 N–H and O–H groups in total. The molecule has 9 amide bonds. The van der Waals surface area contributed by atoms with E-state index < -0.39 is 162 Å². The smallest absolute Gasteiger partial charge is 0.305 e. The van der Waals surface area contributed by atoms with Crippen molar-refractivity contribution in [1.29, 1.82) is 0 Å². The van der Waals surface area contributed by atoms with Crippen molar-refractivity contribution in [3.05, 3.63) is 137 Å². The molecular formula is C66H84FN11O17S. The first-order valence-electron chi connectivity index (χ1n) is 31.2. The quantitative estimate of drug-likeness (QED) is 0.0251. The number of hydrogen-bond acceptors (Lipinski definition) is 14. The Kier molecular flexibility index (Phi) is 29.6. The number of para-hydroxylation sites is 1. The van der Waals surface area contributed by atoms with Crippen molar-refractivity contribution in [2.45, 2.75) is 164 Å². The number of hydrogen-bond donors (Lipinski definition) is 14. The zero-order valence-electron chi connectivity index (χ0n) is 53.7. The van der Waals surface area contributed by atoms with Crippen LogP contribution < -0.4 is 53.0 Å². The van der Waals surface area contributed by atoms with E-state index in [4.69, 9.17) is 5.73 Å². The van der Waals surface area contributed by atoms with Gasteiger partial charge in [-0.25, -0.2) is 12.8 Å². The van der Waals surface area contributed by atoms with Crippen LogP contribution in [0.25, 0.3) is 10.9 Å². The van der Waals surface area contributed by atoms with Crippen LogP contribution in [-0.2, 0) is 81.0 Å². The molecule has 0 spiro atoms. The topological polar surface area (TPSA) is 450 Å². The fourth-order valence-electron chi connectivity index (χ4n) is 9.97. The Bertz CT molecular complexity index is 3690. The number of halogens is 1. The van der Waals surface area contributed by atoms with Gasteiger partial charge in [-0.15, -0.1) is 0 Å². The minimum atomic E-state index is -4.59. The number of nitrogens with one attached hydrogen (secondary N) is 10. The molecule has 518 valence electrons. The maximum Gasteiger partial charge on any atom is 0.305 e. The van der Waals surface area contributed by atoms with Gasteiger partial charge < -0.3 is 68.6 Å². The van der Waals surface area contributed by atoms with Gasteiger partial charge in [-0.2, -0.15) is 4.72 Å². The van der Waals surface area contributed by atoms with E-state index in [0.29, 0.717) is 60.7 Å². The number of aromatic amines is 1. The van der Waals surface area contributed by atoms with Crippen LogP contribution in [0.4, 0.5) is 4.39 Å². The van der Waals surface area contributed by atoms with Crippen LogP contribution in [0.3, 0.4) is 0 Å². The number of aromatic nitrogens is 1. The SMILES string of the molecule is Cc1ccc(C(=O)NCCCC[C@H](NC(=O)CCCCCNC(=O)[C@H](CCC(=O)O)NC(=O)[C@H](Cc2c[nH]c3ccccc23)NC(=O)[C@H](Cc2cccc(F)c2)NC(=O)CNC(=O)[C@H](CCC(=O)O)NC(=O)[C@@H](CC(=O)O)NS(=O)(=O)c2ccc(C(C)(C)C)cc2)C(N)=O)cc1. The number of carbonyl (C=O) groups is 12. The monoisotopic (exact) mass is 1350 g/mol. The Labute approximate surface area is 554 Å². The van der Waals surface area contributed by atoms with Crippen molar-refractivity contribution in [1.82, 2.24) is 52.2 Å². The highest BCUT2D eigenvalue weighted by molar-refractivity contribution is 7.89. The van der Waals surface area contributed by atoms with Gasteiger partial charge in [-0.3, -0.25) is 57.5 Å². The highest BCUT2D eigenvalue weighted by Gasteiger charge is 2.34. The second kappa shape index (κ2) is 37.1. The summed E-state index contributed by atoms with van der Waals surface area (Å²) in [7, 11) is -4.59. The molecule has 0 aliphatic carbocycles. The van der Waals surface area contributed by atoms with Crippen LogP contribution >= 0.6 is 0 Å². The summed E-state index contributed by atoms with van der Waals surface area (Å²) in [5.41, 5.74) is 8.78. The van der Waals surface area contributed by atoms with E-state index in [9.17, 15) is 85.7 Å². The lowest BCUT2D eigenvalue weighted by atomic mass is 9.87. The highest BCUT2D eigenvalue weighted by atomic mass is 32.2. The van der Waals surface area contributed by atoms with Gasteiger partial charge in [0, 0.05) is 67.9 Å². The van der Waals surface area contributed by atoms with Crippen LogP contribution in [-0.4, -0.2) is 156 Å². The van der Waals surface area contributed by atoms with Gasteiger partial charge in [0.15, 0.2) is 0 Å². The first kappa shape index (κ1) is 76.6. The zero-order chi connectivity index (χ0) is 70.7. The van der Waals surface area contributed by atoms with Crippen LogP contribution in [0, 0.1) is 12.7 Å². The van der Waals surface area contributed by atoms with Crippen LogP contribution in [0.15, 0.2) is 108 Å². The minimum Gasteiger partial charge on any atom is -0.481 e. The Morgan fingerprint density at radius 1 is 0.552 bits per heavy atom. The number of benzene rings is 4. The maximum atomic E-state index is 14.6. The molecule has 0 saturated heterocycles. The van der Waals surface area contributed by atoms with Crippen LogP contribution in [0.5, 0.6) is 0 Å². The summed E-state index contributed by atoms with van der Waals surface area (Å²) >= 11 is 0. The molecule has 28 nitrogen and oxygen atoms in total. The fraction of sp³-hybridized carbons (Fsp3) is 0.424. The normalized spacial score (nSPS) is 13.3. The van der Waals surface area contributed by atoms with Crippen molar-refractivity contribution in [3.63, 3.8) is 0 Å². The van der Waals surface area contributed by atoms with E-state index in [2.05, 4.69) is 47.5 Å². The van der Waals surface area contributed by atoms with Crippen molar-refractivity contribution in [2.75, 3.05) is 19.6 Å². The summed E-state index contributed by atoms with van der Waals surface area (Å²) in [6, 6.07) is 15.0. The summed E-state index contributed by atoms with van der Waals surface area (Å²) in [6.07, 6.45) is -0.347. The number of aliphatic carboxylic acids is 3. The predicted octanol–water partition coefficient (Wildman–Crippen LogP) is 2.55. The molecule has 5 rings (SSSR count). The third-order valence-corrected chi connectivity index (χ3v) is 16.8. The number of sulfonamides is 1. The Hall–Kier alpha value is -10.1. The highest BCUT2D eigenvalue weighted by Crippen LogP contribution is 2.24. The van der Waals surface area contributed by atoms with Crippen molar-refractivity contribution in [3.8, 4) is 0 Å². The van der Waals surface area contributed by atoms with Crippen LogP contribution in [0.2, 0.25) is 0 Å². The lowest BCUT2D eigenvalue weighted by molar-refractivity contribution is -0.140. The van der Waals surface area contributed by atoms with E-state index in [0.717, 1.165) is 23.3 Å². The molecule has 30 heteroatoms. The molecule has 0 aliphatic rings. The second-order valence-electron chi connectivity index (χ2n) is 24.1. The number of H-pyrrole nitrogens is 1. The van der Waals surface area contributed by atoms with E-state index >= 15 is 0 Å². The summed E-state index contributed by atoms with van der Waals surface area (Å²) in [6.45, 7) is 6.96. The lowest BCUT2D eigenvalue weighted by Gasteiger charge is -2.26. The van der Waals surface area contributed by atoms with Crippen molar-refractivity contribution < 1.29 is 85.7 Å². The molecule has 0 unspecified atom stereocenters. The van der Waals surface area contributed by atoms with E-state index in [1.165, 1.54) is 36.4 Å². The minimum absolute atomic E-state index is 0.0114. The third-order valence-electron chi connectivity index (χ3n) is 15.3. The number of carboxylic acid groups (broad SMARTS) is 3. The molecule has 1 aromatic heterocycles. The molecule has 5 aromatic rings. The number of nitrogens with two attached hydrogens (primary N) is 1. The summed E-state index contributed by atoms with van der Waals surface area (Å²) in [5.74, 6) is -12.9.